The minimum Gasteiger partial charge on any atom is -0.353 e. The van der Waals surface area contributed by atoms with E-state index < -0.39 is 5.41 Å². The van der Waals surface area contributed by atoms with Crippen molar-refractivity contribution in [2.75, 3.05) is 26.7 Å². The second-order valence-corrected chi connectivity index (χ2v) is 4.05. The van der Waals surface area contributed by atoms with E-state index in [-0.39, 0.29) is 5.91 Å². The zero-order valence-corrected chi connectivity index (χ0v) is 10.8. The molecule has 0 aromatic carbocycles. The molecule has 4 heteroatoms. The topological polar surface area (TPSA) is 56.1 Å². The Kier molecular flexibility index (Phi) is 6.75. The van der Waals surface area contributed by atoms with Crippen molar-refractivity contribution in [3.05, 3.63) is 0 Å². The lowest BCUT2D eigenvalue weighted by Gasteiger charge is -2.23. The van der Waals surface area contributed by atoms with Gasteiger partial charge in [-0.15, -0.1) is 0 Å². The average Bonchev–Trinajstić information content (AvgIpc) is 2.31. The van der Waals surface area contributed by atoms with Crippen molar-refractivity contribution in [1.29, 1.82) is 5.26 Å². The highest BCUT2D eigenvalue weighted by Crippen LogP contribution is 2.25. The first-order valence-electron chi connectivity index (χ1n) is 5.94. The molecule has 0 bridgehead atoms. The molecule has 4 nitrogen and oxygen atoms in total. The van der Waals surface area contributed by atoms with Gasteiger partial charge in [-0.25, -0.2) is 0 Å². The van der Waals surface area contributed by atoms with Crippen molar-refractivity contribution in [1.82, 2.24) is 10.2 Å². The minimum absolute atomic E-state index is 0.135. The highest BCUT2D eigenvalue weighted by atomic mass is 16.2. The Morgan fingerprint density at radius 2 is 1.94 bits per heavy atom. The molecule has 0 aromatic heterocycles. The van der Waals surface area contributed by atoms with Crippen molar-refractivity contribution in [2.24, 2.45) is 5.41 Å². The molecule has 0 aliphatic rings. The molecular weight excluding hydrogens is 202 g/mol. The zero-order chi connectivity index (χ0) is 12.6. The van der Waals surface area contributed by atoms with Crippen molar-refractivity contribution >= 4 is 5.91 Å². The normalized spacial score (nSPS) is 11.2. The van der Waals surface area contributed by atoms with E-state index in [0.717, 1.165) is 13.1 Å². The lowest BCUT2D eigenvalue weighted by molar-refractivity contribution is -0.128. The summed E-state index contributed by atoms with van der Waals surface area (Å²) in [6.45, 7) is 8.21. The van der Waals surface area contributed by atoms with Gasteiger partial charge in [0.2, 0.25) is 5.91 Å². The Hall–Kier alpha value is -1.08. The summed E-state index contributed by atoms with van der Waals surface area (Å²) in [6, 6.07) is 2.14. The van der Waals surface area contributed by atoms with Crippen LogP contribution in [0.3, 0.4) is 0 Å². The smallest absolute Gasteiger partial charge is 0.240 e. The maximum absolute atomic E-state index is 11.9. The maximum atomic E-state index is 11.9. The standard InChI is InChI=1S/C12H23N3O/c1-5-12(6-2,10-13)11(16)14-8-9-15(4)7-3/h5-9H2,1-4H3,(H,14,16). The lowest BCUT2D eigenvalue weighted by atomic mass is 9.83. The Balaban J connectivity index is 4.19. The summed E-state index contributed by atoms with van der Waals surface area (Å²) in [5.41, 5.74) is -0.842. The monoisotopic (exact) mass is 225 g/mol. The third kappa shape index (κ3) is 3.82. The predicted molar refractivity (Wildman–Crippen MR) is 64.8 cm³/mol. The first kappa shape index (κ1) is 14.9. The van der Waals surface area contributed by atoms with Gasteiger partial charge in [0.05, 0.1) is 6.07 Å². The van der Waals surface area contributed by atoms with Crippen LogP contribution in [0, 0.1) is 16.7 Å². The van der Waals surface area contributed by atoms with E-state index >= 15 is 0 Å². The van der Waals surface area contributed by atoms with Gasteiger partial charge in [-0.2, -0.15) is 5.26 Å². The summed E-state index contributed by atoms with van der Waals surface area (Å²) in [5, 5.41) is 11.9. The number of nitrogens with one attached hydrogen (secondary N) is 1. The SMILES string of the molecule is CCN(C)CCNC(=O)C(C#N)(CC)CC. The van der Waals surface area contributed by atoms with Gasteiger partial charge in [0.25, 0.3) is 0 Å². The number of carbonyl (C=O) groups is 1. The number of hydrogen-bond acceptors (Lipinski definition) is 3. The fraction of sp³-hybridized carbons (Fsp3) is 0.833. The Labute approximate surface area is 98.6 Å². The van der Waals surface area contributed by atoms with Crippen LogP contribution < -0.4 is 5.32 Å². The third-order valence-corrected chi connectivity index (χ3v) is 3.17. The van der Waals surface area contributed by atoms with Gasteiger partial charge in [0.1, 0.15) is 5.41 Å². The van der Waals surface area contributed by atoms with E-state index in [0.29, 0.717) is 19.4 Å². The highest BCUT2D eigenvalue weighted by Gasteiger charge is 2.34. The molecule has 0 atom stereocenters. The average molecular weight is 225 g/mol. The minimum atomic E-state index is -0.842. The predicted octanol–water partition coefficient (Wildman–Crippen LogP) is 1.38. The number of likely N-dealkylation sites (N-methyl/N-ethyl adjacent to an activating group) is 1. The number of nitriles is 1. The second kappa shape index (κ2) is 7.24. The Bertz CT molecular complexity index is 253. The van der Waals surface area contributed by atoms with Crippen LogP contribution >= 0.6 is 0 Å². The number of carbonyl (C=O) groups excluding carboxylic acids is 1. The van der Waals surface area contributed by atoms with Crippen molar-refractivity contribution in [3.63, 3.8) is 0 Å². The largest absolute Gasteiger partial charge is 0.353 e. The quantitative estimate of drug-likeness (QED) is 0.712. The lowest BCUT2D eigenvalue weighted by Crippen LogP contribution is -2.42. The van der Waals surface area contributed by atoms with E-state index in [2.05, 4.69) is 23.2 Å². The van der Waals surface area contributed by atoms with Gasteiger partial charge in [0.15, 0.2) is 0 Å². The van der Waals surface area contributed by atoms with Gasteiger partial charge in [-0.1, -0.05) is 20.8 Å². The number of nitrogens with zero attached hydrogens (tertiary/aromatic N) is 2. The van der Waals surface area contributed by atoms with Gasteiger partial charge in [-0.05, 0) is 26.4 Å². The van der Waals surface area contributed by atoms with E-state index in [4.69, 9.17) is 5.26 Å². The molecule has 0 saturated carbocycles. The van der Waals surface area contributed by atoms with E-state index in [1.165, 1.54) is 0 Å². The number of hydrogen-bond donors (Lipinski definition) is 1. The van der Waals surface area contributed by atoms with Crippen LogP contribution in [-0.2, 0) is 4.79 Å². The molecule has 0 aliphatic carbocycles. The Morgan fingerprint density at radius 3 is 2.31 bits per heavy atom. The number of amides is 1. The van der Waals surface area contributed by atoms with Crippen LogP contribution in [0.4, 0.5) is 0 Å². The van der Waals surface area contributed by atoms with Crippen LogP contribution in [0.1, 0.15) is 33.6 Å². The molecule has 0 spiro atoms. The van der Waals surface area contributed by atoms with Crippen LogP contribution in [0.2, 0.25) is 0 Å². The van der Waals surface area contributed by atoms with Gasteiger partial charge >= 0.3 is 0 Å². The summed E-state index contributed by atoms with van der Waals surface area (Å²) >= 11 is 0. The third-order valence-electron chi connectivity index (χ3n) is 3.17. The van der Waals surface area contributed by atoms with Crippen LogP contribution in [0.5, 0.6) is 0 Å². The molecule has 1 amide bonds. The molecule has 0 heterocycles. The van der Waals surface area contributed by atoms with Crippen molar-refractivity contribution in [3.8, 4) is 6.07 Å². The van der Waals surface area contributed by atoms with E-state index in [1.807, 2.05) is 20.9 Å². The van der Waals surface area contributed by atoms with Gasteiger partial charge in [0, 0.05) is 13.1 Å². The molecule has 0 fully saturated rings. The molecule has 0 saturated heterocycles. The van der Waals surface area contributed by atoms with Gasteiger partial charge in [-0.3, -0.25) is 4.79 Å². The first-order chi connectivity index (χ1) is 7.56. The summed E-state index contributed by atoms with van der Waals surface area (Å²) in [4.78, 5) is 14.0. The zero-order valence-electron chi connectivity index (χ0n) is 10.8. The highest BCUT2D eigenvalue weighted by molar-refractivity contribution is 5.85. The summed E-state index contributed by atoms with van der Waals surface area (Å²) < 4.78 is 0. The second-order valence-electron chi connectivity index (χ2n) is 4.05. The molecule has 0 aromatic rings. The van der Waals surface area contributed by atoms with E-state index in [9.17, 15) is 4.79 Å². The molecule has 92 valence electrons. The summed E-state index contributed by atoms with van der Waals surface area (Å²) in [6.07, 6.45) is 1.13. The van der Waals surface area contributed by atoms with Crippen LogP contribution in [-0.4, -0.2) is 37.5 Å². The molecule has 0 unspecified atom stereocenters. The maximum Gasteiger partial charge on any atom is 0.240 e. The Morgan fingerprint density at radius 1 is 1.38 bits per heavy atom. The molecule has 0 radical (unpaired) electrons. The molecule has 1 N–H and O–H groups in total. The van der Waals surface area contributed by atoms with Gasteiger partial charge < -0.3 is 10.2 Å². The number of rotatable bonds is 7. The fourth-order valence-corrected chi connectivity index (χ4v) is 1.47. The molecule has 0 rings (SSSR count). The van der Waals surface area contributed by atoms with Crippen molar-refractivity contribution in [2.45, 2.75) is 33.6 Å². The molecular formula is C12H23N3O. The molecule has 16 heavy (non-hydrogen) atoms. The molecule has 0 aliphatic heterocycles. The van der Waals surface area contributed by atoms with E-state index in [1.54, 1.807) is 0 Å². The summed E-state index contributed by atoms with van der Waals surface area (Å²) in [7, 11) is 2.00. The van der Waals surface area contributed by atoms with Crippen LogP contribution in [0.25, 0.3) is 0 Å². The first-order valence-corrected chi connectivity index (χ1v) is 5.94. The van der Waals surface area contributed by atoms with Crippen LogP contribution in [0.15, 0.2) is 0 Å². The summed E-state index contributed by atoms with van der Waals surface area (Å²) in [5.74, 6) is -0.135. The fourth-order valence-electron chi connectivity index (χ4n) is 1.47. The van der Waals surface area contributed by atoms with Crippen molar-refractivity contribution < 1.29 is 4.79 Å².